The zero-order valence-corrected chi connectivity index (χ0v) is 7.98. The Morgan fingerprint density at radius 1 is 1.13 bits per heavy atom. The molecule has 1 saturated heterocycles. The number of amides is 1. The van der Waals surface area contributed by atoms with E-state index in [0.717, 1.165) is 0 Å². The molecule has 1 heterocycles. The van der Waals surface area contributed by atoms with Crippen LogP contribution in [0, 0.1) is 0 Å². The van der Waals surface area contributed by atoms with Crippen molar-refractivity contribution in [3.63, 3.8) is 0 Å². The van der Waals surface area contributed by atoms with Crippen molar-refractivity contribution in [1.29, 1.82) is 0 Å². The zero-order valence-electron chi connectivity index (χ0n) is 7.98. The summed E-state index contributed by atoms with van der Waals surface area (Å²) in [6.45, 7) is -0.514. The molecule has 0 aliphatic carbocycles. The highest BCUT2D eigenvalue weighted by molar-refractivity contribution is 5.74. The third kappa shape index (κ3) is 2.64. The highest BCUT2D eigenvalue weighted by Crippen LogP contribution is 2.22. The predicted molar refractivity (Wildman–Crippen MR) is 47.6 cm³/mol. The third-order valence-corrected chi connectivity index (χ3v) is 2.39. The first-order chi connectivity index (χ1) is 6.97. The van der Waals surface area contributed by atoms with Gasteiger partial charge >= 0.3 is 0 Å². The zero-order chi connectivity index (χ0) is 11.6. The van der Waals surface area contributed by atoms with E-state index in [1.54, 1.807) is 0 Å². The normalized spacial score (nSPS) is 41.5. The molecule has 88 valence electrons. The van der Waals surface area contributed by atoms with Crippen LogP contribution < -0.4 is 5.73 Å². The number of ether oxygens (including phenoxy) is 1. The molecule has 5 atom stereocenters. The average molecular weight is 221 g/mol. The van der Waals surface area contributed by atoms with Crippen molar-refractivity contribution < 1.29 is 30.0 Å². The van der Waals surface area contributed by atoms with Crippen molar-refractivity contribution >= 4 is 5.91 Å². The van der Waals surface area contributed by atoms with Crippen LogP contribution in [0.1, 0.15) is 6.42 Å². The monoisotopic (exact) mass is 221 g/mol. The maximum atomic E-state index is 10.6. The van der Waals surface area contributed by atoms with Crippen LogP contribution in [0.4, 0.5) is 0 Å². The van der Waals surface area contributed by atoms with Crippen LogP contribution in [0.5, 0.6) is 0 Å². The van der Waals surface area contributed by atoms with Gasteiger partial charge in [-0.3, -0.25) is 4.79 Å². The fraction of sp³-hybridized carbons (Fsp3) is 0.875. The minimum absolute atomic E-state index is 0.276. The maximum Gasteiger partial charge on any atom is 0.220 e. The van der Waals surface area contributed by atoms with E-state index >= 15 is 0 Å². The van der Waals surface area contributed by atoms with Crippen LogP contribution in [0.2, 0.25) is 0 Å². The minimum atomic E-state index is -1.46. The van der Waals surface area contributed by atoms with Crippen LogP contribution in [-0.2, 0) is 9.53 Å². The Kier molecular flexibility index (Phi) is 4.00. The second-order valence-electron chi connectivity index (χ2n) is 3.54. The Labute approximate surface area is 86.1 Å². The van der Waals surface area contributed by atoms with Gasteiger partial charge in [0.1, 0.15) is 24.4 Å². The molecule has 1 amide bonds. The summed E-state index contributed by atoms with van der Waals surface area (Å²) < 4.78 is 5.03. The average Bonchev–Trinajstić information content (AvgIpc) is 2.18. The van der Waals surface area contributed by atoms with Gasteiger partial charge in [-0.2, -0.15) is 0 Å². The fourth-order valence-electron chi connectivity index (χ4n) is 1.55. The minimum Gasteiger partial charge on any atom is -0.394 e. The summed E-state index contributed by atoms with van der Waals surface area (Å²) in [6, 6.07) is 0. The molecule has 0 aromatic heterocycles. The fourth-order valence-corrected chi connectivity index (χ4v) is 1.55. The molecule has 7 nitrogen and oxygen atoms in total. The molecule has 15 heavy (non-hydrogen) atoms. The van der Waals surface area contributed by atoms with Gasteiger partial charge in [0.15, 0.2) is 0 Å². The van der Waals surface area contributed by atoms with Crippen molar-refractivity contribution in [2.45, 2.75) is 36.9 Å². The van der Waals surface area contributed by atoms with Crippen molar-refractivity contribution in [3.05, 3.63) is 0 Å². The molecule has 0 spiro atoms. The Morgan fingerprint density at radius 3 is 2.13 bits per heavy atom. The first-order valence-electron chi connectivity index (χ1n) is 4.56. The molecule has 0 radical (unpaired) electrons. The van der Waals surface area contributed by atoms with Gasteiger partial charge in [0.25, 0.3) is 0 Å². The molecular formula is C8H15NO6. The van der Waals surface area contributed by atoms with Crippen LogP contribution in [0.3, 0.4) is 0 Å². The van der Waals surface area contributed by atoms with Crippen LogP contribution >= 0.6 is 0 Å². The molecule has 0 saturated carbocycles. The number of hydrogen-bond acceptors (Lipinski definition) is 6. The lowest BCUT2D eigenvalue weighted by molar-refractivity contribution is -0.229. The molecule has 0 bridgehead atoms. The molecule has 7 heteroatoms. The third-order valence-electron chi connectivity index (χ3n) is 2.39. The van der Waals surface area contributed by atoms with E-state index < -0.39 is 43.0 Å². The van der Waals surface area contributed by atoms with Crippen molar-refractivity contribution in [1.82, 2.24) is 0 Å². The smallest absolute Gasteiger partial charge is 0.220 e. The predicted octanol–water partition coefficient (Wildman–Crippen LogP) is -3.30. The standard InChI is InChI=1S/C8H15NO6/c9-5(11)1-3-6(12)8(14)7(13)4(2-10)15-3/h3-4,6-8,10,12-14H,1-2H2,(H2,9,11)/t3-,4-,6+,7+,8-/m1/s1. The summed E-state index contributed by atoms with van der Waals surface area (Å²) in [7, 11) is 0. The van der Waals surface area contributed by atoms with Gasteiger partial charge in [-0.15, -0.1) is 0 Å². The van der Waals surface area contributed by atoms with Gasteiger partial charge in [0.2, 0.25) is 5.91 Å². The van der Waals surface area contributed by atoms with E-state index in [2.05, 4.69) is 0 Å². The van der Waals surface area contributed by atoms with Gasteiger partial charge in [0, 0.05) is 0 Å². The number of aliphatic hydroxyl groups is 4. The molecule has 0 unspecified atom stereocenters. The molecular weight excluding hydrogens is 206 g/mol. The number of rotatable bonds is 3. The van der Waals surface area contributed by atoms with Crippen LogP contribution in [-0.4, -0.2) is 63.5 Å². The summed E-state index contributed by atoms with van der Waals surface area (Å²) in [5.74, 6) is -0.695. The summed E-state index contributed by atoms with van der Waals surface area (Å²) in [4.78, 5) is 10.6. The maximum absolute atomic E-state index is 10.6. The second kappa shape index (κ2) is 4.86. The van der Waals surface area contributed by atoms with E-state index in [-0.39, 0.29) is 6.42 Å². The first-order valence-corrected chi connectivity index (χ1v) is 4.56. The highest BCUT2D eigenvalue weighted by Gasteiger charge is 2.43. The van der Waals surface area contributed by atoms with E-state index in [4.69, 9.17) is 15.6 Å². The Morgan fingerprint density at radius 2 is 1.67 bits per heavy atom. The lowest BCUT2D eigenvalue weighted by Crippen LogP contribution is -2.59. The highest BCUT2D eigenvalue weighted by atomic mass is 16.5. The van der Waals surface area contributed by atoms with E-state index in [1.165, 1.54) is 0 Å². The molecule has 1 fully saturated rings. The number of carbonyl (C=O) groups excluding carboxylic acids is 1. The van der Waals surface area contributed by atoms with Gasteiger partial charge in [-0.1, -0.05) is 0 Å². The summed E-state index contributed by atoms with van der Waals surface area (Å²) in [5.41, 5.74) is 4.92. The molecule has 1 aliphatic heterocycles. The van der Waals surface area contributed by atoms with Crippen LogP contribution in [0.25, 0.3) is 0 Å². The van der Waals surface area contributed by atoms with E-state index in [1.807, 2.05) is 0 Å². The quantitative estimate of drug-likeness (QED) is 0.339. The van der Waals surface area contributed by atoms with E-state index in [0.29, 0.717) is 0 Å². The topological polar surface area (TPSA) is 133 Å². The number of hydrogen-bond donors (Lipinski definition) is 5. The van der Waals surface area contributed by atoms with Crippen LogP contribution in [0.15, 0.2) is 0 Å². The summed E-state index contributed by atoms with van der Waals surface area (Å²) in [6.07, 6.45) is -6.53. The molecule has 1 rings (SSSR count). The summed E-state index contributed by atoms with van der Waals surface area (Å²) >= 11 is 0. The van der Waals surface area contributed by atoms with Crippen molar-refractivity contribution in [2.75, 3.05) is 6.61 Å². The first kappa shape index (κ1) is 12.3. The molecule has 0 aromatic rings. The number of nitrogens with two attached hydrogens (primary N) is 1. The number of primary amides is 1. The molecule has 6 N–H and O–H groups in total. The van der Waals surface area contributed by atoms with E-state index in [9.17, 15) is 20.1 Å². The molecule has 1 aliphatic rings. The van der Waals surface area contributed by atoms with Gasteiger partial charge in [0.05, 0.1) is 19.1 Å². The Bertz CT molecular complexity index is 233. The lowest BCUT2D eigenvalue weighted by atomic mass is 9.93. The van der Waals surface area contributed by atoms with Gasteiger partial charge in [-0.05, 0) is 0 Å². The van der Waals surface area contributed by atoms with Gasteiger partial charge in [-0.25, -0.2) is 0 Å². The number of carbonyl (C=O) groups is 1. The molecule has 0 aromatic carbocycles. The SMILES string of the molecule is NC(=O)C[C@H]1O[C@H](CO)[C@H](O)[C@H](O)[C@H]1O. The largest absolute Gasteiger partial charge is 0.394 e. The Balaban J connectivity index is 2.69. The lowest BCUT2D eigenvalue weighted by Gasteiger charge is -2.39. The Hall–Kier alpha value is -0.730. The summed E-state index contributed by atoms with van der Waals surface area (Å²) in [5, 5.41) is 37.0. The van der Waals surface area contributed by atoms with Crippen molar-refractivity contribution in [2.24, 2.45) is 5.73 Å². The van der Waals surface area contributed by atoms with Crippen molar-refractivity contribution in [3.8, 4) is 0 Å². The number of aliphatic hydroxyl groups excluding tert-OH is 4. The second-order valence-corrected chi connectivity index (χ2v) is 3.54. The van der Waals surface area contributed by atoms with Gasteiger partial charge < -0.3 is 30.9 Å².